The van der Waals surface area contributed by atoms with Crippen molar-refractivity contribution < 1.29 is 162 Å². The lowest BCUT2D eigenvalue weighted by Crippen LogP contribution is -2.66. The van der Waals surface area contributed by atoms with Gasteiger partial charge in [-0.1, -0.05) is 218 Å². The number of aliphatic hydroxyl groups is 2. The topological polar surface area (TPSA) is 430 Å². The van der Waals surface area contributed by atoms with Crippen LogP contribution in [0.3, 0.4) is 0 Å². The van der Waals surface area contributed by atoms with Gasteiger partial charge in [-0.15, -0.1) is 0 Å². The lowest BCUT2D eigenvalue weighted by Gasteiger charge is -2.47. The van der Waals surface area contributed by atoms with E-state index in [4.69, 9.17) is 94.7 Å². The van der Waals surface area contributed by atoms with Crippen molar-refractivity contribution in [3.8, 4) is 0 Å². The zero-order valence-electron chi connectivity index (χ0n) is 78.5. The Morgan fingerprint density at radius 1 is 0.190 bits per heavy atom. The summed E-state index contributed by atoms with van der Waals surface area (Å²) in [5, 5.41) is 23.4. The summed E-state index contributed by atoms with van der Waals surface area (Å²) >= 11 is 0. The third-order valence-corrected chi connectivity index (χ3v) is 23.9. The summed E-state index contributed by atoms with van der Waals surface area (Å²) in [6, 6.07) is 90.0. The van der Waals surface area contributed by atoms with Gasteiger partial charge >= 0.3 is 71.6 Å². The summed E-state index contributed by atoms with van der Waals surface area (Å²) in [6.07, 6.45) is -40.1. The van der Waals surface area contributed by atoms with E-state index in [2.05, 4.69) is 0 Å². The normalized spacial score (nSPS) is 23.5. The first kappa shape index (κ1) is 104. The van der Waals surface area contributed by atoms with Gasteiger partial charge in [0.05, 0.1) is 86.6 Å². The molecule has 4 aliphatic heterocycles. The molecule has 4 heterocycles. The quantitative estimate of drug-likeness (QED) is 0.0205. The van der Waals surface area contributed by atoms with Gasteiger partial charge in [0.25, 0.3) is 0 Å². The molecule has 2 N–H and O–H groups in total. The molecule has 4 saturated heterocycles. The summed E-state index contributed by atoms with van der Waals surface area (Å²) in [5.41, 5.74) is -0.839. The molecule has 0 aromatic heterocycles. The summed E-state index contributed by atoms with van der Waals surface area (Å²) < 4.78 is 132. The van der Waals surface area contributed by atoms with E-state index in [1.165, 1.54) is 231 Å². The highest BCUT2D eigenvalue weighted by Crippen LogP contribution is 2.40. The molecule has 0 spiro atoms. The fourth-order valence-corrected chi connectivity index (χ4v) is 16.5. The molecule has 0 amide bonds. The zero-order chi connectivity index (χ0) is 102. The van der Waals surface area contributed by atoms with Crippen LogP contribution in [0.15, 0.2) is 364 Å². The maximum absolute atomic E-state index is 15.4. The maximum atomic E-state index is 15.4. The molecule has 4 fully saturated rings. The molecule has 147 heavy (non-hydrogen) atoms. The molecule has 0 radical (unpaired) electrons. The van der Waals surface area contributed by atoms with E-state index in [0.29, 0.717) is 12.8 Å². The fourth-order valence-electron chi connectivity index (χ4n) is 16.5. The average Bonchev–Trinajstić information content (AvgIpc) is 0.643. The predicted molar refractivity (Wildman–Crippen MR) is 514 cm³/mol. The second kappa shape index (κ2) is 51.4. The van der Waals surface area contributed by atoms with Crippen molar-refractivity contribution in [2.75, 3.05) is 39.6 Å². The van der Waals surface area contributed by atoms with Gasteiger partial charge in [0.1, 0.15) is 37.1 Å². The lowest BCUT2D eigenvalue weighted by atomic mass is 9.96. The second-order valence-electron chi connectivity index (χ2n) is 33.9. The third kappa shape index (κ3) is 27.3. The number of aliphatic hydroxyl groups excluding tert-OH is 2. The van der Waals surface area contributed by atoms with E-state index in [0.717, 1.165) is 0 Å². The van der Waals surface area contributed by atoms with Crippen LogP contribution < -0.4 is 0 Å². The van der Waals surface area contributed by atoms with Gasteiger partial charge < -0.3 is 105 Å². The number of hydrogen-bond acceptors (Lipinski definition) is 34. The molecule has 12 aromatic rings. The number of hydrogen-bond donors (Lipinski definition) is 2. The molecular formula is C113H100O34. The van der Waals surface area contributed by atoms with Crippen LogP contribution in [0.4, 0.5) is 0 Å². The molecule has 20 atom stereocenters. The van der Waals surface area contributed by atoms with Gasteiger partial charge in [-0.2, -0.15) is 0 Å². The molecule has 0 bridgehead atoms. The van der Waals surface area contributed by atoms with Crippen LogP contribution in [0.5, 0.6) is 0 Å². The third-order valence-electron chi connectivity index (χ3n) is 23.9. The van der Waals surface area contributed by atoms with Crippen LogP contribution in [0.25, 0.3) is 0 Å². The van der Waals surface area contributed by atoms with Gasteiger partial charge in [0.2, 0.25) is 0 Å². The van der Waals surface area contributed by atoms with Gasteiger partial charge in [-0.05, 0) is 165 Å². The number of unbranched alkanes of at least 4 members (excludes halogenated alkanes) is 2. The molecule has 756 valence electrons. The van der Waals surface area contributed by atoms with Crippen molar-refractivity contribution in [3.63, 3.8) is 0 Å². The fraction of sp³-hybridized carbons (Fsp3) is 0.257. The minimum absolute atomic E-state index is 0.0131. The Morgan fingerprint density at radius 2 is 0.367 bits per heavy atom. The van der Waals surface area contributed by atoms with Gasteiger partial charge in [-0.3, -0.25) is 0 Å². The second-order valence-corrected chi connectivity index (χ2v) is 33.9. The Morgan fingerprint density at radius 3 is 0.599 bits per heavy atom. The number of ether oxygens (including phenoxy) is 20. The molecule has 16 rings (SSSR count). The molecule has 4 aliphatic rings. The average molecular weight is 2000 g/mol. The Balaban J connectivity index is 0.825. The molecule has 34 nitrogen and oxygen atoms in total. The number of rotatable bonds is 40. The van der Waals surface area contributed by atoms with Gasteiger partial charge in [0.15, 0.2) is 92.3 Å². The van der Waals surface area contributed by atoms with Crippen molar-refractivity contribution in [1.82, 2.24) is 0 Å². The van der Waals surface area contributed by atoms with E-state index in [-0.39, 0.29) is 86.4 Å². The SMILES string of the molecule is O=C(OC[C@H]1O[C@@H](OC[C@H]2O[C@@H](OC[C@H]3O[C@@H](OC[C@H]4O[C@@H](OCCCCCO)[C@H](OC(=O)c5ccccc5)[C@@H](OC(=O)c5ccccc5)[C@@H]4OC(=O)c4ccccc4)[C@H](OC(=O)c4ccccc4)[C@@H](O)[C@@H]3OC(=O)c3ccccc3)[C@H](OC(=O)c3ccccc3)[C@@H](OC(=O)c3ccccc3)[C@@H]2OC(=O)c2ccccc2)[C@H](OC(=O)c2ccccc2)[C@@H](OC(=O)c2ccccc2)[C@@H]1OC(=O)c1ccccc1)c1ccccc1. The van der Waals surface area contributed by atoms with Crippen LogP contribution in [-0.2, 0) is 94.7 Å². The maximum Gasteiger partial charge on any atom is 0.338 e. The molecule has 0 aliphatic carbocycles. The first-order valence-corrected chi connectivity index (χ1v) is 47.2. The summed E-state index contributed by atoms with van der Waals surface area (Å²) in [6.45, 7) is -4.35. The van der Waals surface area contributed by atoms with Crippen LogP contribution in [0.1, 0.15) is 144 Å². The van der Waals surface area contributed by atoms with E-state index in [1.54, 1.807) is 133 Å². The summed E-state index contributed by atoms with van der Waals surface area (Å²) in [5.74, 6) is -13.0. The summed E-state index contributed by atoms with van der Waals surface area (Å²) in [4.78, 5) is 180. The predicted octanol–water partition coefficient (Wildman–Crippen LogP) is 13.8. The molecule has 12 aromatic carbocycles. The highest BCUT2D eigenvalue weighted by molar-refractivity contribution is 5.96. The van der Waals surface area contributed by atoms with Crippen LogP contribution >= 0.6 is 0 Å². The summed E-state index contributed by atoms with van der Waals surface area (Å²) in [7, 11) is 0. The van der Waals surface area contributed by atoms with E-state index < -0.39 is 221 Å². The number of carbonyl (C=O) groups is 12. The van der Waals surface area contributed by atoms with Crippen LogP contribution in [0, 0.1) is 0 Å². The Bertz CT molecular complexity index is 6360. The smallest absolute Gasteiger partial charge is 0.338 e. The minimum Gasteiger partial charge on any atom is -0.459 e. The molecule has 0 saturated carbocycles. The monoisotopic (exact) mass is 2000 g/mol. The van der Waals surface area contributed by atoms with Crippen molar-refractivity contribution in [1.29, 1.82) is 0 Å². The Hall–Kier alpha value is -16.1. The first-order valence-electron chi connectivity index (χ1n) is 47.2. The first-order chi connectivity index (χ1) is 71.8. The van der Waals surface area contributed by atoms with Gasteiger partial charge in [0, 0.05) is 13.2 Å². The Kier molecular flexibility index (Phi) is 36.3. The largest absolute Gasteiger partial charge is 0.459 e. The standard InChI is InChI=1S/C113H100O34/c114-64-38-13-39-65-128-111-95(145-107(125)79-58-32-10-33-59-79)92(142-104(122)76-52-26-7-27-53-76)89(139-101(119)73-46-20-4-21-47-73)84(134-111)68-130-110-91(141-103(121)75-50-24-6-25-51-75)86(115)87(137-99(117)71-42-16-2-17-43-71)82(133-110)67-131-112-97(147-109(127)81-62-36-12-37-63-81)94(144-106(124)78-56-30-9-31-57-78)90(140-102(120)74-48-22-5-23-49-74)85(136-112)69-132-113-96(146-108(126)80-60-34-11-35-61-80)93(143-105(123)77-54-28-8-29-55-77)88(138-100(118)72-44-18-3-19-45-72)83(135-113)66-129-98(116)70-40-14-1-15-41-70/h1-12,14-37,40-63,82-97,110-115H,13,38-39,64-69H2/t82-,83-,84-,85-,86+,87-,88-,89-,90-,91-,92+,93+,94+,95-,96-,97-,110-,111-,112-,113-/m1/s1. The van der Waals surface area contributed by atoms with Crippen molar-refractivity contribution >= 4 is 71.6 Å². The zero-order valence-corrected chi connectivity index (χ0v) is 78.5. The Labute approximate surface area is 842 Å². The minimum atomic E-state index is -2.34. The number of esters is 12. The molecule has 0 unspecified atom stereocenters. The highest BCUT2D eigenvalue weighted by Gasteiger charge is 2.60. The van der Waals surface area contributed by atoms with Crippen LogP contribution in [0.2, 0.25) is 0 Å². The lowest BCUT2D eigenvalue weighted by molar-refractivity contribution is -0.345. The number of carbonyl (C=O) groups excluding carboxylic acids is 12. The molecular weight excluding hydrogens is 1900 g/mol. The van der Waals surface area contributed by atoms with E-state index >= 15 is 28.8 Å². The van der Waals surface area contributed by atoms with E-state index in [9.17, 15) is 39.0 Å². The van der Waals surface area contributed by atoms with Gasteiger partial charge in [-0.25, -0.2) is 57.5 Å². The van der Waals surface area contributed by atoms with Crippen molar-refractivity contribution in [3.05, 3.63) is 431 Å². The van der Waals surface area contributed by atoms with Crippen molar-refractivity contribution in [2.24, 2.45) is 0 Å². The number of benzene rings is 12. The van der Waals surface area contributed by atoms with Crippen molar-refractivity contribution in [2.45, 2.75) is 142 Å². The van der Waals surface area contributed by atoms with E-state index in [1.807, 2.05) is 0 Å². The molecule has 34 heteroatoms. The highest BCUT2D eigenvalue weighted by atomic mass is 16.8. The van der Waals surface area contributed by atoms with Crippen LogP contribution in [-0.4, -0.2) is 244 Å².